The number of rotatable bonds is 2. The highest BCUT2D eigenvalue weighted by atomic mass is 35.5. The van der Waals surface area contributed by atoms with Gasteiger partial charge in [0, 0.05) is 0 Å². The molecule has 0 unspecified atom stereocenters. The maximum Gasteiger partial charge on any atom is 0.139 e. The minimum atomic E-state index is 0.788. The Kier molecular flexibility index (Phi) is 1.91. The summed E-state index contributed by atoms with van der Waals surface area (Å²) in [7, 11) is 0. The van der Waals surface area contributed by atoms with Gasteiger partial charge in [-0.05, 0) is 0 Å². The van der Waals surface area contributed by atoms with Gasteiger partial charge in [0.1, 0.15) is 26.6 Å². The maximum atomic E-state index is 5.95. The zero-order valence-corrected chi connectivity index (χ0v) is 9.08. The molecule has 78 valence electrons. The summed E-state index contributed by atoms with van der Waals surface area (Å²) in [5, 5.41) is 0.788. The number of halogens is 1. The van der Waals surface area contributed by atoms with Gasteiger partial charge in [-0.15, -0.1) is 0 Å². The van der Waals surface area contributed by atoms with Crippen LogP contribution in [0.3, 0.4) is 0 Å². The van der Waals surface area contributed by atoms with E-state index in [0.29, 0.717) is 0 Å². The first-order valence-electron chi connectivity index (χ1n) is 5.01. The predicted octanol–water partition coefficient (Wildman–Crippen LogP) is 0.248. The van der Waals surface area contributed by atoms with Crippen LogP contribution in [0, 0.1) is 0 Å². The lowest BCUT2D eigenvalue weighted by atomic mass is 10.3. The summed E-state index contributed by atoms with van der Waals surface area (Å²) >= 11 is 5.95. The third-order valence-electron chi connectivity index (χ3n) is 3.21. The third kappa shape index (κ3) is 1.38. The summed E-state index contributed by atoms with van der Waals surface area (Å²) in [5.41, 5.74) is 0. The Morgan fingerprint density at radius 1 is 1.07 bits per heavy atom. The normalized spacial score (nSPS) is 49.6. The molecule has 0 spiro atoms. The maximum absolute atomic E-state index is 5.95. The average molecular weight is 216 g/mol. The van der Waals surface area contributed by atoms with Crippen LogP contribution in [-0.4, -0.2) is 65.7 Å². The van der Waals surface area contributed by atoms with E-state index >= 15 is 0 Å². The van der Waals surface area contributed by atoms with E-state index in [1.807, 2.05) is 0 Å². The van der Waals surface area contributed by atoms with E-state index in [4.69, 9.17) is 11.6 Å². The molecule has 4 rings (SSSR count). The molecule has 0 aromatic rings. The van der Waals surface area contributed by atoms with Gasteiger partial charge >= 0.3 is 0 Å². The Hall–Kier alpha value is -0.130. The number of nitrogens with zero attached hydrogens (tertiary/aromatic N) is 4. The minimum absolute atomic E-state index is 0.788. The van der Waals surface area contributed by atoms with E-state index in [0.717, 1.165) is 56.1 Å². The number of hydrogen-bond acceptors (Lipinski definition) is 3. The van der Waals surface area contributed by atoms with Crippen LogP contribution in [0.25, 0.3) is 0 Å². The monoisotopic (exact) mass is 215 g/mol. The van der Waals surface area contributed by atoms with Gasteiger partial charge in [0.25, 0.3) is 0 Å². The average Bonchev–Trinajstić information content (AvgIpc) is 1.96. The van der Waals surface area contributed by atoms with Crippen LogP contribution >= 0.6 is 11.6 Å². The molecular formula is C9H16ClN4+. The molecule has 0 radical (unpaired) electrons. The Balaban J connectivity index is 1.83. The lowest BCUT2D eigenvalue weighted by molar-refractivity contribution is -0.975. The number of quaternary nitrogens is 1. The summed E-state index contributed by atoms with van der Waals surface area (Å²) in [6.07, 6.45) is 0. The highest BCUT2D eigenvalue weighted by Crippen LogP contribution is 2.29. The van der Waals surface area contributed by atoms with Crippen LogP contribution in [0.15, 0.2) is 11.6 Å². The third-order valence-corrected chi connectivity index (χ3v) is 3.33. The van der Waals surface area contributed by atoms with Crippen molar-refractivity contribution in [3.05, 3.63) is 11.6 Å². The molecule has 4 fully saturated rings. The summed E-state index contributed by atoms with van der Waals surface area (Å²) in [5.74, 6) is 0. The largest absolute Gasteiger partial charge is 0.281 e. The van der Waals surface area contributed by atoms with Gasteiger partial charge in [-0.3, -0.25) is 4.48 Å². The van der Waals surface area contributed by atoms with Crippen molar-refractivity contribution in [1.29, 1.82) is 0 Å². The van der Waals surface area contributed by atoms with Gasteiger partial charge in [-0.1, -0.05) is 18.2 Å². The van der Waals surface area contributed by atoms with Crippen molar-refractivity contribution in [2.45, 2.75) is 0 Å². The second-order valence-corrected chi connectivity index (χ2v) is 5.41. The molecular weight excluding hydrogens is 200 g/mol. The Bertz CT molecular complexity index is 243. The summed E-state index contributed by atoms with van der Waals surface area (Å²) < 4.78 is 1.06. The van der Waals surface area contributed by atoms with Crippen LogP contribution < -0.4 is 0 Å². The van der Waals surface area contributed by atoms with Crippen molar-refractivity contribution in [3.63, 3.8) is 0 Å². The SMILES string of the molecule is C=C(Cl)C[N+]12CN3CN(CN(C3)C1)C2. The minimum Gasteiger partial charge on any atom is -0.281 e. The fourth-order valence-corrected chi connectivity index (χ4v) is 3.43. The van der Waals surface area contributed by atoms with Crippen molar-refractivity contribution < 1.29 is 4.48 Å². The molecule has 4 saturated heterocycles. The van der Waals surface area contributed by atoms with Gasteiger partial charge in [0.15, 0.2) is 0 Å². The molecule has 0 aliphatic carbocycles. The van der Waals surface area contributed by atoms with E-state index in [-0.39, 0.29) is 0 Å². The highest BCUT2D eigenvalue weighted by Gasteiger charge is 2.48. The highest BCUT2D eigenvalue weighted by molar-refractivity contribution is 6.29. The summed E-state index contributed by atoms with van der Waals surface area (Å²) in [6, 6.07) is 0. The zero-order valence-electron chi connectivity index (χ0n) is 8.32. The van der Waals surface area contributed by atoms with Gasteiger partial charge in [0.2, 0.25) is 0 Å². The first-order valence-corrected chi connectivity index (χ1v) is 5.39. The second-order valence-electron chi connectivity index (χ2n) is 4.88. The molecule has 0 atom stereocenters. The van der Waals surface area contributed by atoms with E-state index in [9.17, 15) is 0 Å². The van der Waals surface area contributed by atoms with Crippen molar-refractivity contribution >= 4 is 11.6 Å². The van der Waals surface area contributed by atoms with Crippen molar-refractivity contribution in [2.75, 3.05) is 46.6 Å². The van der Waals surface area contributed by atoms with Crippen LogP contribution in [0.2, 0.25) is 0 Å². The van der Waals surface area contributed by atoms with E-state index in [1.165, 1.54) is 0 Å². The standard InChI is InChI=1S/C9H16ClN4/c1-9(10)2-14-6-11-3-12(7-14)5-13(4-11)8-14/h1-8H2/q+1. The van der Waals surface area contributed by atoms with Gasteiger partial charge in [0.05, 0.1) is 25.0 Å². The fourth-order valence-electron chi connectivity index (χ4n) is 3.17. The molecule has 4 aliphatic rings. The van der Waals surface area contributed by atoms with Crippen LogP contribution in [0.1, 0.15) is 0 Å². The first kappa shape index (κ1) is 9.12. The lowest BCUT2D eigenvalue weighted by Crippen LogP contribution is -2.79. The van der Waals surface area contributed by atoms with Crippen LogP contribution in [0.5, 0.6) is 0 Å². The van der Waals surface area contributed by atoms with Crippen molar-refractivity contribution in [1.82, 2.24) is 14.7 Å². The zero-order chi connectivity index (χ0) is 9.76. The van der Waals surface area contributed by atoms with E-state index in [2.05, 4.69) is 21.3 Å². The topological polar surface area (TPSA) is 9.72 Å². The molecule has 14 heavy (non-hydrogen) atoms. The van der Waals surface area contributed by atoms with Crippen LogP contribution in [-0.2, 0) is 0 Å². The molecule has 0 N–H and O–H groups in total. The molecule has 4 aliphatic heterocycles. The number of hydrogen-bond donors (Lipinski definition) is 0. The van der Waals surface area contributed by atoms with Gasteiger partial charge in [-0.25, -0.2) is 14.7 Å². The van der Waals surface area contributed by atoms with Gasteiger partial charge < -0.3 is 0 Å². The molecule has 4 nitrogen and oxygen atoms in total. The quantitative estimate of drug-likeness (QED) is 0.612. The van der Waals surface area contributed by atoms with Crippen LogP contribution in [0.4, 0.5) is 0 Å². The predicted molar refractivity (Wildman–Crippen MR) is 54.8 cm³/mol. The van der Waals surface area contributed by atoms with Crippen molar-refractivity contribution in [2.24, 2.45) is 0 Å². The second kappa shape index (κ2) is 2.93. The molecule has 4 heterocycles. The lowest BCUT2D eigenvalue weighted by Gasteiger charge is -2.60. The molecule has 0 aromatic carbocycles. The van der Waals surface area contributed by atoms with Crippen molar-refractivity contribution in [3.8, 4) is 0 Å². The molecule has 0 aromatic heterocycles. The molecule has 0 saturated carbocycles. The van der Waals surface area contributed by atoms with E-state index in [1.54, 1.807) is 0 Å². The fraction of sp³-hybridized carbons (Fsp3) is 0.778. The summed E-state index contributed by atoms with van der Waals surface area (Å²) in [6.45, 7) is 11.5. The molecule has 5 heteroatoms. The first-order chi connectivity index (χ1) is 6.65. The van der Waals surface area contributed by atoms with Gasteiger partial charge in [-0.2, -0.15) is 0 Å². The molecule has 4 bridgehead atoms. The summed E-state index contributed by atoms with van der Waals surface area (Å²) in [4.78, 5) is 7.45. The smallest absolute Gasteiger partial charge is 0.139 e. The molecule has 0 amide bonds. The van der Waals surface area contributed by atoms with E-state index < -0.39 is 0 Å². The Labute approximate surface area is 89.5 Å². The Morgan fingerprint density at radius 3 is 1.86 bits per heavy atom. The Morgan fingerprint density at radius 2 is 1.50 bits per heavy atom.